The van der Waals surface area contributed by atoms with Crippen molar-refractivity contribution in [2.75, 3.05) is 11.5 Å². The summed E-state index contributed by atoms with van der Waals surface area (Å²) in [4.78, 5) is 1.34. The van der Waals surface area contributed by atoms with Crippen molar-refractivity contribution in [3.63, 3.8) is 0 Å². The topological polar surface area (TPSA) is 26.0 Å². The number of halogens is 1. The van der Waals surface area contributed by atoms with Crippen LogP contribution in [0.4, 0.5) is 5.69 Å². The largest absolute Gasteiger partial charge is 0.399 e. The van der Waals surface area contributed by atoms with Crippen LogP contribution in [0.15, 0.2) is 23.1 Å². The van der Waals surface area contributed by atoms with Crippen LogP contribution in [0.5, 0.6) is 0 Å². The van der Waals surface area contributed by atoms with Crippen molar-refractivity contribution in [1.82, 2.24) is 0 Å². The molecule has 0 heterocycles. The molecule has 0 aromatic heterocycles. The van der Waals surface area contributed by atoms with Crippen molar-refractivity contribution in [1.29, 1.82) is 0 Å². The molecule has 0 bridgehead atoms. The SMILES string of the molecule is CC(C)CSc1ccc(N)cc1I. The summed E-state index contributed by atoms with van der Waals surface area (Å²) in [5.74, 6) is 1.90. The number of nitrogens with two attached hydrogens (primary N) is 1. The molecule has 0 unspecified atom stereocenters. The average Bonchev–Trinajstić information content (AvgIpc) is 2.02. The monoisotopic (exact) mass is 307 g/mol. The van der Waals surface area contributed by atoms with Gasteiger partial charge >= 0.3 is 0 Å². The molecule has 0 atom stereocenters. The van der Waals surface area contributed by atoms with Gasteiger partial charge in [-0.25, -0.2) is 0 Å². The molecular formula is C10H14INS. The smallest absolute Gasteiger partial charge is 0.0325 e. The highest BCUT2D eigenvalue weighted by Crippen LogP contribution is 2.27. The standard InChI is InChI=1S/C10H14INS/c1-7(2)6-13-10-4-3-8(12)5-9(10)11/h3-5,7H,6,12H2,1-2H3. The van der Waals surface area contributed by atoms with Crippen LogP contribution in [0.3, 0.4) is 0 Å². The van der Waals surface area contributed by atoms with E-state index in [2.05, 4.69) is 42.5 Å². The molecule has 1 aromatic rings. The van der Waals surface area contributed by atoms with Gasteiger partial charge in [0.25, 0.3) is 0 Å². The van der Waals surface area contributed by atoms with Gasteiger partial charge in [-0.3, -0.25) is 0 Å². The fourth-order valence-corrected chi connectivity index (χ4v) is 2.77. The lowest BCUT2D eigenvalue weighted by Gasteiger charge is -2.06. The highest BCUT2D eigenvalue weighted by Gasteiger charge is 2.02. The maximum atomic E-state index is 5.67. The molecule has 0 fully saturated rings. The molecule has 1 rings (SSSR count). The van der Waals surface area contributed by atoms with Gasteiger partial charge < -0.3 is 5.73 Å². The number of thioether (sulfide) groups is 1. The van der Waals surface area contributed by atoms with E-state index >= 15 is 0 Å². The van der Waals surface area contributed by atoms with Crippen LogP contribution >= 0.6 is 34.4 Å². The molecule has 0 aliphatic heterocycles. The minimum atomic E-state index is 0.735. The van der Waals surface area contributed by atoms with Crippen molar-refractivity contribution in [2.24, 2.45) is 5.92 Å². The first-order valence-corrected chi connectivity index (χ1v) is 6.34. The molecule has 0 amide bonds. The van der Waals surface area contributed by atoms with Crippen molar-refractivity contribution in [3.05, 3.63) is 21.8 Å². The second-order valence-corrected chi connectivity index (χ2v) is 5.62. The van der Waals surface area contributed by atoms with Gasteiger partial charge in [0.05, 0.1) is 0 Å². The van der Waals surface area contributed by atoms with E-state index < -0.39 is 0 Å². The summed E-state index contributed by atoms with van der Waals surface area (Å²) in [5.41, 5.74) is 6.52. The first kappa shape index (κ1) is 11.2. The summed E-state index contributed by atoms with van der Waals surface area (Å²) >= 11 is 4.23. The molecular weight excluding hydrogens is 293 g/mol. The lowest BCUT2D eigenvalue weighted by Crippen LogP contribution is -1.92. The molecule has 2 N–H and O–H groups in total. The predicted molar refractivity (Wildman–Crippen MR) is 69.1 cm³/mol. The molecule has 0 aliphatic rings. The summed E-state index contributed by atoms with van der Waals surface area (Å²) in [5, 5.41) is 0. The third-order valence-corrected chi connectivity index (χ3v) is 4.29. The third kappa shape index (κ3) is 3.77. The Bertz CT molecular complexity index is 286. The zero-order valence-corrected chi connectivity index (χ0v) is 10.9. The number of benzene rings is 1. The van der Waals surface area contributed by atoms with Crippen LogP contribution in [0.2, 0.25) is 0 Å². The first-order chi connectivity index (χ1) is 6.09. The van der Waals surface area contributed by atoms with Gasteiger partial charge in [0.1, 0.15) is 0 Å². The molecule has 72 valence electrons. The summed E-state index contributed by atoms with van der Waals surface area (Å²) < 4.78 is 1.25. The van der Waals surface area contributed by atoms with Gasteiger partial charge in [-0.05, 0) is 46.7 Å². The maximum Gasteiger partial charge on any atom is 0.0325 e. The molecule has 3 heteroatoms. The minimum absolute atomic E-state index is 0.735. The second kappa shape index (κ2) is 5.10. The Morgan fingerprint density at radius 2 is 2.15 bits per heavy atom. The fourth-order valence-electron chi connectivity index (χ4n) is 0.891. The quantitative estimate of drug-likeness (QED) is 0.524. The van der Waals surface area contributed by atoms with Crippen LogP contribution < -0.4 is 5.73 Å². The van der Waals surface area contributed by atoms with Crippen molar-refractivity contribution in [2.45, 2.75) is 18.7 Å². The van der Waals surface area contributed by atoms with Crippen LogP contribution in [-0.4, -0.2) is 5.75 Å². The Morgan fingerprint density at radius 3 is 2.69 bits per heavy atom. The van der Waals surface area contributed by atoms with Gasteiger partial charge in [-0.1, -0.05) is 13.8 Å². The Morgan fingerprint density at radius 1 is 1.46 bits per heavy atom. The predicted octanol–water partition coefficient (Wildman–Crippen LogP) is 3.62. The second-order valence-electron chi connectivity index (χ2n) is 3.39. The number of hydrogen-bond donors (Lipinski definition) is 1. The number of hydrogen-bond acceptors (Lipinski definition) is 2. The zero-order chi connectivity index (χ0) is 9.84. The molecule has 1 nitrogen and oxygen atoms in total. The molecule has 13 heavy (non-hydrogen) atoms. The van der Waals surface area contributed by atoms with Crippen LogP contribution in [0.25, 0.3) is 0 Å². The van der Waals surface area contributed by atoms with Gasteiger partial charge in [0, 0.05) is 19.9 Å². The van der Waals surface area contributed by atoms with Crippen LogP contribution in [-0.2, 0) is 0 Å². The van der Waals surface area contributed by atoms with Crippen LogP contribution in [0.1, 0.15) is 13.8 Å². The molecule has 0 spiro atoms. The van der Waals surface area contributed by atoms with E-state index in [4.69, 9.17) is 5.73 Å². The van der Waals surface area contributed by atoms with Crippen molar-refractivity contribution < 1.29 is 0 Å². The third-order valence-electron chi connectivity index (χ3n) is 1.53. The Hall–Kier alpha value is 0.100. The van der Waals surface area contributed by atoms with E-state index in [9.17, 15) is 0 Å². The summed E-state index contributed by atoms with van der Waals surface area (Å²) in [7, 11) is 0. The van der Waals surface area contributed by atoms with E-state index in [1.54, 1.807) is 0 Å². The summed E-state index contributed by atoms with van der Waals surface area (Å²) in [6.07, 6.45) is 0. The first-order valence-electron chi connectivity index (χ1n) is 4.27. The average molecular weight is 307 g/mol. The van der Waals surface area contributed by atoms with E-state index in [1.165, 1.54) is 14.2 Å². The highest BCUT2D eigenvalue weighted by molar-refractivity contribution is 14.1. The zero-order valence-electron chi connectivity index (χ0n) is 7.88. The van der Waals surface area contributed by atoms with Gasteiger partial charge in [0.2, 0.25) is 0 Å². The van der Waals surface area contributed by atoms with Crippen molar-refractivity contribution >= 4 is 40.0 Å². The molecule has 1 aromatic carbocycles. The fraction of sp³-hybridized carbons (Fsp3) is 0.400. The van der Waals surface area contributed by atoms with Crippen molar-refractivity contribution in [3.8, 4) is 0 Å². The molecule has 0 saturated carbocycles. The minimum Gasteiger partial charge on any atom is -0.399 e. The van der Waals surface area contributed by atoms with E-state index in [0.717, 1.165) is 11.6 Å². The Labute approximate surface area is 97.6 Å². The lowest BCUT2D eigenvalue weighted by molar-refractivity contribution is 0.750. The van der Waals surface area contributed by atoms with E-state index in [-0.39, 0.29) is 0 Å². The highest BCUT2D eigenvalue weighted by atomic mass is 127. The Kier molecular flexibility index (Phi) is 4.38. The summed E-state index contributed by atoms with van der Waals surface area (Å²) in [6, 6.07) is 6.08. The normalized spacial score (nSPS) is 10.8. The Balaban J connectivity index is 2.67. The number of nitrogen functional groups attached to an aromatic ring is 1. The lowest BCUT2D eigenvalue weighted by atomic mass is 10.3. The molecule has 0 saturated heterocycles. The maximum absolute atomic E-state index is 5.67. The van der Waals surface area contributed by atoms with E-state index in [0.29, 0.717) is 0 Å². The van der Waals surface area contributed by atoms with Gasteiger partial charge in [-0.2, -0.15) is 0 Å². The molecule has 0 radical (unpaired) electrons. The van der Waals surface area contributed by atoms with E-state index in [1.807, 2.05) is 23.9 Å². The van der Waals surface area contributed by atoms with Gasteiger partial charge in [-0.15, -0.1) is 11.8 Å². The van der Waals surface area contributed by atoms with Gasteiger partial charge in [0.15, 0.2) is 0 Å². The summed E-state index contributed by atoms with van der Waals surface area (Å²) in [6.45, 7) is 4.47. The molecule has 0 aliphatic carbocycles. The van der Waals surface area contributed by atoms with Crippen LogP contribution in [0, 0.1) is 9.49 Å². The number of rotatable bonds is 3. The number of anilines is 1.